The Bertz CT molecular complexity index is 1100. The summed E-state index contributed by atoms with van der Waals surface area (Å²) in [4.78, 5) is 12.8. The molecule has 0 amide bonds. The molecule has 4 heteroatoms. The molecule has 3 unspecified atom stereocenters. The van der Waals surface area contributed by atoms with E-state index in [1.165, 1.54) is 5.56 Å². The maximum absolute atomic E-state index is 15.4. The largest absolute Gasteiger partial charge is 0.458 e. The fourth-order valence-electron chi connectivity index (χ4n) is 4.40. The van der Waals surface area contributed by atoms with Gasteiger partial charge in [-0.05, 0) is 41.2 Å². The molecular formula is C28H29FO3. The van der Waals surface area contributed by atoms with Crippen molar-refractivity contribution in [2.45, 2.75) is 58.2 Å². The highest BCUT2D eigenvalue weighted by Gasteiger charge is 2.34. The standard InChI is InChI=1S/C28H29FO3/c1-4-5-19-6-8-20(9-7-19)17(2)25-16-23-14-15-24(27(29)26(23)28(31)32-25)22-12-10-21(11-13-22)18(3)30/h6-15,17-18,25,30H,4-5,16H2,1-3H3. The van der Waals surface area contributed by atoms with Gasteiger partial charge >= 0.3 is 5.97 Å². The van der Waals surface area contributed by atoms with E-state index in [2.05, 4.69) is 31.2 Å². The number of aliphatic hydroxyl groups is 1. The molecule has 3 aromatic carbocycles. The fraction of sp³-hybridized carbons (Fsp3) is 0.321. The van der Waals surface area contributed by atoms with Crippen LogP contribution in [0.5, 0.6) is 0 Å². The molecule has 0 fully saturated rings. The van der Waals surface area contributed by atoms with Crippen molar-refractivity contribution in [3.63, 3.8) is 0 Å². The lowest BCUT2D eigenvalue weighted by Gasteiger charge is -2.30. The number of cyclic esters (lactones) is 1. The predicted octanol–water partition coefficient (Wildman–Crippen LogP) is 6.38. The number of hydrogen-bond donors (Lipinski definition) is 1. The number of carbonyl (C=O) groups is 1. The maximum atomic E-state index is 15.4. The highest BCUT2D eigenvalue weighted by molar-refractivity contribution is 5.94. The Hall–Kier alpha value is -2.98. The summed E-state index contributed by atoms with van der Waals surface area (Å²) >= 11 is 0. The van der Waals surface area contributed by atoms with Crippen molar-refractivity contribution in [1.29, 1.82) is 0 Å². The maximum Gasteiger partial charge on any atom is 0.341 e. The smallest absolute Gasteiger partial charge is 0.341 e. The molecule has 0 saturated carbocycles. The van der Waals surface area contributed by atoms with Gasteiger partial charge in [0.2, 0.25) is 0 Å². The van der Waals surface area contributed by atoms with Crippen LogP contribution < -0.4 is 0 Å². The molecule has 0 radical (unpaired) electrons. The molecule has 0 aliphatic carbocycles. The quantitative estimate of drug-likeness (QED) is 0.460. The van der Waals surface area contributed by atoms with Gasteiger partial charge in [-0.3, -0.25) is 0 Å². The molecule has 3 aromatic rings. The molecule has 1 heterocycles. The number of aryl methyl sites for hydroxylation is 1. The van der Waals surface area contributed by atoms with Crippen molar-refractivity contribution in [1.82, 2.24) is 0 Å². The monoisotopic (exact) mass is 432 g/mol. The zero-order valence-corrected chi connectivity index (χ0v) is 18.8. The van der Waals surface area contributed by atoms with E-state index in [0.29, 0.717) is 23.1 Å². The molecule has 0 saturated heterocycles. The molecule has 4 rings (SSSR count). The molecule has 3 nitrogen and oxygen atoms in total. The summed E-state index contributed by atoms with van der Waals surface area (Å²) in [6, 6.07) is 19.1. The lowest BCUT2D eigenvalue weighted by Crippen LogP contribution is -2.32. The van der Waals surface area contributed by atoms with Crippen LogP contribution in [0.3, 0.4) is 0 Å². The molecular weight excluding hydrogens is 403 g/mol. The minimum absolute atomic E-state index is 0.0125. The zero-order chi connectivity index (χ0) is 22.8. The first-order valence-corrected chi connectivity index (χ1v) is 11.3. The summed E-state index contributed by atoms with van der Waals surface area (Å²) in [6.07, 6.45) is 1.71. The Morgan fingerprint density at radius 2 is 1.66 bits per heavy atom. The first-order valence-electron chi connectivity index (χ1n) is 11.3. The van der Waals surface area contributed by atoms with E-state index in [1.54, 1.807) is 37.3 Å². The second-order valence-electron chi connectivity index (χ2n) is 8.69. The highest BCUT2D eigenvalue weighted by Crippen LogP contribution is 2.35. The number of fused-ring (bicyclic) bond motifs is 1. The summed E-state index contributed by atoms with van der Waals surface area (Å²) in [5.41, 5.74) is 4.89. The Morgan fingerprint density at radius 3 is 2.28 bits per heavy atom. The van der Waals surface area contributed by atoms with Gasteiger partial charge in [-0.2, -0.15) is 0 Å². The van der Waals surface area contributed by atoms with Gasteiger partial charge in [0.25, 0.3) is 0 Å². The van der Waals surface area contributed by atoms with Crippen molar-refractivity contribution in [3.05, 3.63) is 94.3 Å². The summed E-state index contributed by atoms with van der Waals surface area (Å²) < 4.78 is 21.1. The topological polar surface area (TPSA) is 46.5 Å². The van der Waals surface area contributed by atoms with Crippen LogP contribution in [-0.4, -0.2) is 17.2 Å². The van der Waals surface area contributed by atoms with Gasteiger partial charge in [0.1, 0.15) is 11.9 Å². The Labute approximate surface area is 188 Å². The number of esters is 1. The number of hydrogen-bond acceptors (Lipinski definition) is 3. The van der Waals surface area contributed by atoms with Crippen molar-refractivity contribution in [2.24, 2.45) is 0 Å². The van der Waals surface area contributed by atoms with Crippen LogP contribution in [0.15, 0.2) is 60.7 Å². The second-order valence-corrected chi connectivity index (χ2v) is 8.69. The van der Waals surface area contributed by atoms with Crippen molar-refractivity contribution in [3.8, 4) is 11.1 Å². The molecule has 0 aromatic heterocycles. The molecule has 3 atom stereocenters. The second kappa shape index (κ2) is 9.25. The third-order valence-electron chi connectivity index (χ3n) is 6.42. The van der Waals surface area contributed by atoms with Gasteiger partial charge < -0.3 is 9.84 Å². The van der Waals surface area contributed by atoms with Crippen LogP contribution in [0.1, 0.15) is 71.8 Å². The number of benzene rings is 3. The summed E-state index contributed by atoms with van der Waals surface area (Å²) in [7, 11) is 0. The number of carbonyl (C=O) groups excluding carboxylic acids is 1. The van der Waals surface area contributed by atoms with Crippen LogP contribution in [0.2, 0.25) is 0 Å². The van der Waals surface area contributed by atoms with E-state index in [4.69, 9.17) is 4.74 Å². The van der Waals surface area contributed by atoms with Gasteiger partial charge in [-0.15, -0.1) is 0 Å². The van der Waals surface area contributed by atoms with Gasteiger partial charge in [0.05, 0.1) is 11.7 Å². The number of halogens is 1. The fourth-order valence-corrected chi connectivity index (χ4v) is 4.40. The zero-order valence-electron chi connectivity index (χ0n) is 18.8. The van der Waals surface area contributed by atoms with E-state index < -0.39 is 17.9 Å². The average Bonchev–Trinajstić information content (AvgIpc) is 2.79. The number of aliphatic hydroxyl groups excluding tert-OH is 1. The Kier molecular flexibility index (Phi) is 6.43. The normalized spacial score (nSPS) is 17.4. The minimum Gasteiger partial charge on any atom is -0.458 e. The van der Waals surface area contributed by atoms with E-state index >= 15 is 4.39 Å². The van der Waals surface area contributed by atoms with Gasteiger partial charge in [-0.1, -0.05) is 80.9 Å². The highest BCUT2D eigenvalue weighted by atomic mass is 19.1. The van der Waals surface area contributed by atoms with Crippen LogP contribution in [0.4, 0.5) is 4.39 Å². The van der Waals surface area contributed by atoms with Crippen molar-refractivity contribution < 1.29 is 19.0 Å². The van der Waals surface area contributed by atoms with Gasteiger partial charge in [-0.25, -0.2) is 9.18 Å². The van der Waals surface area contributed by atoms with E-state index in [-0.39, 0.29) is 17.6 Å². The SMILES string of the molecule is CCCc1ccc(C(C)C2Cc3ccc(-c4ccc(C(C)O)cc4)c(F)c3C(=O)O2)cc1. The molecule has 0 bridgehead atoms. The van der Waals surface area contributed by atoms with Crippen LogP contribution in [0.25, 0.3) is 11.1 Å². The van der Waals surface area contributed by atoms with Gasteiger partial charge in [0.15, 0.2) is 0 Å². The van der Waals surface area contributed by atoms with Crippen LogP contribution in [0, 0.1) is 5.82 Å². The number of ether oxygens (including phenoxy) is 1. The van der Waals surface area contributed by atoms with Crippen LogP contribution in [-0.2, 0) is 17.6 Å². The first kappa shape index (κ1) is 22.2. The molecule has 32 heavy (non-hydrogen) atoms. The van der Waals surface area contributed by atoms with Gasteiger partial charge in [0, 0.05) is 17.9 Å². The summed E-state index contributed by atoms with van der Waals surface area (Å²) in [6.45, 7) is 5.89. The van der Waals surface area contributed by atoms with E-state index in [1.807, 2.05) is 13.0 Å². The predicted molar refractivity (Wildman–Crippen MR) is 124 cm³/mol. The van der Waals surface area contributed by atoms with Crippen LogP contribution >= 0.6 is 0 Å². The third-order valence-corrected chi connectivity index (χ3v) is 6.42. The molecule has 1 aliphatic heterocycles. The Morgan fingerprint density at radius 1 is 1.00 bits per heavy atom. The molecule has 1 N–H and O–H groups in total. The number of rotatable bonds is 6. The molecule has 166 valence electrons. The minimum atomic E-state index is -0.606. The lowest BCUT2D eigenvalue weighted by molar-refractivity contribution is 0.0194. The average molecular weight is 433 g/mol. The molecule has 0 spiro atoms. The summed E-state index contributed by atoms with van der Waals surface area (Å²) in [5, 5.41) is 9.69. The van der Waals surface area contributed by atoms with Crippen molar-refractivity contribution >= 4 is 5.97 Å². The Balaban J connectivity index is 1.58. The van der Waals surface area contributed by atoms with E-state index in [9.17, 15) is 9.90 Å². The van der Waals surface area contributed by atoms with Crippen molar-refractivity contribution in [2.75, 3.05) is 0 Å². The summed E-state index contributed by atoms with van der Waals surface area (Å²) in [5.74, 6) is -1.14. The first-order chi connectivity index (χ1) is 15.4. The lowest BCUT2D eigenvalue weighted by atomic mass is 9.86. The molecule has 1 aliphatic rings. The van der Waals surface area contributed by atoms with E-state index in [0.717, 1.165) is 24.0 Å². The third kappa shape index (κ3) is 4.33.